The number of nitrogens with zero attached hydrogens (tertiary/aromatic N) is 1. The van der Waals surface area contributed by atoms with Crippen LogP contribution < -0.4 is 10.1 Å². The number of amides is 1. The molecule has 21 heavy (non-hydrogen) atoms. The average Bonchev–Trinajstić information content (AvgIpc) is 2.76. The largest absolute Gasteiger partial charge is 0.497 e. The molecule has 2 unspecified atom stereocenters. The summed E-state index contributed by atoms with van der Waals surface area (Å²) >= 11 is 0. The summed E-state index contributed by atoms with van der Waals surface area (Å²) in [5, 5.41) is 3.53. The van der Waals surface area contributed by atoms with Crippen LogP contribution in [0.4, 0.5) is 0 Å². The monoisotopic (exact) mass is 288 g/mol. The Morgan fingerprint density at radius 3 is 2.52 bits per heavy atom. The van der Waals surface area contributed by atoms with Crippen LogP contribution in [0.2, 0.25) is 0 Å². The molecule has 1 N–H and O–H groups in total. The van der Waals surface area contributed by atoms with Gasteiger partial charge >= 0.3 is 0 Å². The van der Waals surface area contributed by atoms with Crippen LogP contribution >= 0.6 is 0 Å². The summed E-state index contributed by atoms with van der Waals surface area (Å²) in [6.07, 6.45) is 5.47. The standard InChI is InChI=1S/C17H24N2O2/c1-3-5-15-17(20)19(13-6-4-7-13)16(18-15)12-8-10-14(21-2)11-9-12/h8-11,13,15-16,18H,3-7H2,1-2H3. The number of methoxy groups -OCH3 is 1. The van der Waals surface area contributed by atoms with E-state index in [4.69, 9.17) is 4.74 Å². The first-order valence-corrected chi connectivity index (χ1v) is 7.96. The molecule has 1 aromatic carbocycles. The van der Waals surface area contributed by atoms with E-state index in [-0.39, 0.29) is 18.1 Å². The van der Waals surface area contributed by atoms with Crippen molar-refractivity contribution in [1.29, 1.82) is 0 Å². The lowest BCUT2D eigenvalue weighted by Crippen LogP contribution is -2.44. The second-order valence-electron chi connectivity index (χ2n) is 6.01. The highest BCUT2D eigenvalue weighted by molar-refractivity contribution is 5.85. The number of rotatable bonds is 5. The maximum absolute atomic E-state index is 12.7. The van der Waals surface area contributed by atoms with Crippen molar-refractivity contribution in [3.8, 4) is 5.75 Å². The fraction of sp³-hybridized carbons (Fsp3) is 0.588. The quantitative estimate of drug-likeness (QED) is 0.906. The lowest BCUT2D eigenvalue weighted by molar-refractivity contribution is -0.134. The minimum Gasteiger partial charge on any atom is -0.497 e. The fourth-order valence-corrected chi connectivity index (χ4v) is 3.24. The number of carbonyl (C=O) groups excluding carboxylic acids is 1. The maximum Gasteiger partial charge on any atom is 0.241 e. The SMILES string of the molecule is CCCC1NC(c2ccc(OC)cc2)N(C2CCC2)C1=O. The number of ether oxygens (including phenoxy) is 1. The van der Waals surface area contributed by atoms with E-state index in [2.05, 4.69) is 29.3 Å². The molecule has 4 heteroatoms. The third-order valence-electron chi connectivity index (χ3n) is 4.67. The van der Waals surface area contributed by atoms with E-state index < -0.39 is 0 Å². The highest BCUT2D eigenvalue weighted by Crippen LogP contribution is 2.36. The molecule has 1 saturated heterocycles. The first-order chi connectivity index (χ1) is 10.2. The molecule has 1 saturated carbocycles. The van der Waals surface area contributed by atoms with Gasteiger partial charge in [-0.25, -0.2) is 0 Å². The average molecular weight is 288 g/mol. The zero-order valence-electron chi connectivity index (χ0n) is 12.8. The third kappa shape index (κ3) is 2.64. The zero-order chi connectivity index (χ0) is 14.8. The Bertz CT molecular complexity index is 496. The summed E-state index contributed by atoms with van der Waals surface area (Å²) < 4.78 is 5.22. The molecular weight excluding hydrogens is 264 g/mol. The lowest BCUT2D eigenvalue weighted by Gasteiger charge is -2.38. The van der Waals surface area contributed by atoms with E-state index in [1.165, 1.54) is 6.42 Å². The maximum atomic E-state index is 12.7. The van der Waals surface area contributed by atoms with Gasteiger partial charge in [-0.1, -0.05) is 25.5 Å². The van der Waals surface area contributed by atoms with Gasteiger partial charge in [0.1, 0.15) is 11.9 Å². The Balaban J connectivity index is 1.84. The first-order valence-electron chi connectivity index (χ1n) is 7.96. The van der Waals surface area contributed by atoms with Crippen LogP contribution in [0.25, 0.3) is 0 Å². The summed E-state index contributed by atoms with van der Waals surface area (Å²) in [6, 6.07) is 8.44. The van der Waals surface area contributed by atoms with Crippen LogP contribution in [0.15, 0.2) is 24.3 Å². The van der Waals surface area contributed by atoms with E-state index in [1.807, 2.05) is 12.1 Å². The van der Waals surface area contributed by atoms with Crippen molar-refractivity contribution in [1.82, 2.24) is 10.2 Å². The number of carbonyl (C=O) groups is 1. The Morgan fingerprint density at radius 2 is 2.00 bits per heavy atom. The van der Waals surface area contributed by atoms with E-state index in [0.717, 1.165) is 37.0 Å². The minimum atomic E-state index is -0.0253. The molecule has 0 bridgehead atoms. The van der Waals surface area contributed by atoms with Gasteiger partial charge in [0.2, 0.25) is 5.91 Å². The topological polar surface area (TPSA) is 41.6 Å². The third-order valence-corrected chi connectivity index (χ3v) is 4.67. The zero-order valence-corrected chi connectivity index (χ0v) is 12.8. The van der Waals surface area contributed by atoms with Gasteiger partial charge < -0.3 is 9.64 Å². The molecule has 4 nitrogen and oxygen atoms in total. The van der Waals surface area contributed by atoms with Gasteiger partial charge in [-0.3, -0.25) is 10.1 Å². The number of nitrogens with one attached hydrogen (secondary N) is 1. The normalized spacial score (nSPS) is 26.0. The first kappa shape index (κ1) is 14.4. The Morgan fingerprint density at radius 1 is 1.29 bits per heavy atom. The van der Waals surface area contributed by atoms with Crippen molar-refractivity contribution in [2.24, 2.45) is 0 Å². The smallest absolute Gasteiger partial charge is 0.241 e. The van der Waals surface area contributed by atoms with Gasteiger partial charge in [0.05, 0.1) is 13.2 Å². The molecule has 1 amide bonds. The van der Waals surface area contributed by atoms with Crippen LogP contribution in [-0.4, -0.2) is 30.0 Å². The predicted octanol–water partition coefficient (Wildman–Crippen LogP) is 2.85. The molecule has 2 atom stereocenters. The van der Waals surface area contributed by atoms with Gasteiger partial charge in [-0.2, -0.15) is 0 Å². The molecule has 1 heterocycles. The molecule has 0 aromatic heterocycles. The summed E-state index contributed by atoms with van der Waals surface area (Å²) in [7, 11) is 1.67. The van der Waals surface area contributed by atoms with Crippen molar-refractivity contribution in [2.75, 3.05) is 7.11 Å². The molecule has 114 valence electrons. The van der Waals surface area contributed by atoms with Gasteiger partial charge in [0, 0.05) is 6.04 Å². The van der Waals surface area contributed by atoms with Crippen molar-refractivity contribution >= 4 is 5.91 Å². The summed E-state index contributed by atoms with van der Waals surface area (Å²) in [6.45, 7) is 2.13. The van der Waals surface area contributed by atoms with Gasteiger partial charge in [-0.05, 0) is 43.4 Å². The molecule has 3 rings (SSSR count). The minimum absolute atomic E-state index is 0.0188. The van der Waals surface area contributed by atoms with Crippen LogP contribution in [0.5, 0.6) is 5.75 Å². The number of hydrogen-bond acceptors (Lipinski definition) is 3. The van der Waals surface area contributed by atoms with Crippen molar-refractivity contribution in [3.05, 3.63) is 29.8 Å². The van der Waals surface area contributed by atoms with Crippen molar-refractivity contribution in [2.45, 2.75) is 57.3 Å². The second-order valence-corrected chi connectivity index (χ2v) is 6.01. The number of hydrogen-bond donors (Lipinski definition) is 1. The summed E-state index contributed by atoms with van der Waals surface area (Å²) in [5.74, 6) is 1.13. The second kappa shape index (κ2) is 6.06. The molecule has 0 spiro atoms. The van der Waals surface area contributed by atoms with Crippen LogP contribution in [0.1, 0.15) is 50.8 Å². The Labute approximate surface area is 126 Å². The molecule has 1 aliphatic heterocycles. The van der Waals surface area contributed by atoms with Crippen LogP contribution in [-0.2, 0) is 4.79 Å². The van der Waals surface area contributed by atoms with Crippen molar-refractivity contribution < 1.29 is 9.53 Å². The van der Waals surface area contributed by atoms with Gasteiger partial charge in [0.25, 0.3) is 0 Å². The van der Waals surface area contributed by atoms with Gasteiger partial charge in [0.15, 0.2) is 0 Å². The molecule has 1 aliphatic carbocycles. The number of benzene rings is 1. The highest BCUT2D eigenvalue weighted by atomic mass is 16.5. The Hall–Kier alpha value is -1.55. The fourth-order valence-electron chi connectivity index (χ4n) is 3.24. The van der Waals surface area contributed by atoms with E-state index >= 15 is 0 Å². The lowest BCUT2D eigenvalue weighted by atomic mass is 9.90. The van der Waals surface area contributed by atoms with Crippen LogP contribution in [0, 0.1) is 0 Å². The van der Waals surface area contributed by atoms with E-state index in [0.29, 0.717) is 6.04 Å². The van der Waals surface area contributed by atoms with Crippen LogP contribution in [0.3, 0.4) is 0 Å². The molecular formula is C17H24N2O2. The molecule has 1 aromatic rings. The predicted molar refractivity (Wildman–Crippen MR) is 82.1 cm³/mol. The van der Waals surface area contributed by atoms with E-state index in [1.54, 1.807) is 7.11 Å². The van der Waals surface area contributed by atoms with Crippen molar-refractivity contribution in [3.63, 3.8) is 0 Å². The molecule has 2 aliphatic rings. The van der Waals surface area contributed by atoms with Gasteiger partial charge in [-0.15, -0.1) is 0 Å². The Kier molecular flexibility index (Phi) is 4.15. The van der Waals surface area contributed by atoms with E-state index in [9.17, 15) is 4.79 Å². The highest BCUT2D eigenvalue weighted by Gasteiger charge is 2.44. The summed E-state index contributed by atoms with van der Waals surface area (Å²) in [5.41, 5.74) is 1.15. The summed E-state index contributed by atoms with van der Waals surface area (Å²) in [4.78, 5) is 14.8. The molecule has 2 fully saturated rings. The molecule has 0 radical (unpaired) electrons.